The number of halogens is 1. The number of likely N-dealkylation sites (tertiary alicyclic amines) is 1. The van der Waals surface area contributed by atoms with Crippen molar-refractivity contribution in [1.29, 1.82) is 0 Å². The summed E-state index contributed by atoms with van der Waals surface area (Å²) in [6.07, 6.45) is 12.3. The fourth-order valence-corrected chi connectivity index (χ4v) is 5.11. The van der Waals surface area contributed by atoms with E-state index in [0.717, 1.165) is 44.1 Å². The minimum absolute atomic E-state index is 0.0280. The second-order valence-corrected chi connectivity index (χ2v) is 9.59. The number of allylic oxidation sites excluding steroid dienone is 2. The Morgan fingerprint density at radius 2 is 1.83 bits per heavy atom. The van der Waals surface area contributed by atoms with E-state index in [-0.39, 0.29) is 35.6 Å². The number of nitrogens with one attached hydrogen (secondary N) is 2. The summed E-state index contributed by atoms with van der Waals surface area (Å²) in [6.45, 7) is 6.27. The summed E-state index contributed by atoms with van der Waals surface area (Å²) in [5, 5.41) is 6.03. The molecule has 7 heteroatoms. The van der Waals surface area contributed by atoms with Crippen molar-refractivity contribution in [1.82, 2.24) is 15.5 Å². The molecule has 2 amide bonds. The largest absolute Gasteiger partial charge is 0.398 e. The number of hydrogen-bond donors (Lipinski definition) is 3. The third-order valence-corrected chi connectivity index (χ3v) is 7.24. The van der Waals surface area contributed by atoms with Crippen molar-refractivity contribution in [2.24, 2.45) is 11.7 Å². The van der Waals surface area contributed by atoms with Crippen molar-refractivity contribution in [2.45, 2.75) is 70.0 Å². The number of nitrogens with two attached hydrogens (primary N) is 1. The molecule has 0 radical (unpaired) electrons. The highest BCUT2D eigenvalue weighted by Crippen LogP contribution is 2.32. The van der Waals surface area contributed by atoms with Gasteiger partial charge in [-0.05, 0) is 74.9 Å². The highest BCUT2D eigenvalue weighted by atomic mass is 19.1. The van der Waals surface area contributed by atoms with Crippen LogP contribution in [0.4, 0.5) is 4.39 Å². The van der Waals surface area contributed by atoms with Crippen LogP contribution in [-0.4, -0.2) is 48.4 Å². The first-order valence-electron chi connectivity index (χ1n) is 12.7. The van der Waals surface area contributed by atoms with E-state index in [1.807, 2.05) is 17.1 Å². The van der Waals surface area contributed by atoms with Crippen LogP contribution >= 0.6 is 0 Å². The average molecular weight is 483 g/mol. The van der Waals surface area contributed by atoms with Crippen molar-refractivity contribution in [3.05, 3.63) is 66.0 Å². The topological polar surface area (TPSA) is 87.5 Å². The van der Waals surface area contributed by atoms with Gasteiger partial charge in [-0.1, -0.05) is 50.1 Å². The van der Waals surface area contributed by atoms with E-state index in [1.165, 1.54) is 18.6 Å². The number of nitrogens with zero attached hydrogens (tertiary/aromatic N) is 1. The van der Waals surface area contributed by atoms with E-state index in [4.69, 9.17) is 5.73 Å². The maximum Gasteiger partial charge on any atom is 0.245 e. The van der Waals surface area contributed by atoms with Crippen LogP contribution < -0.4 is 16.4 Å². The molecule has 1 aliphatic carbocycles. The van der Waals surface area contributed by atoms with Crippen LogP contribution in [0.5, 0.6) is 0 Å². The van der Waals surface area contributed by atoms with Crippen molar-refractivity contribution in [3.8, 4) is 0 Å². The fourth-order valence-electron chi connectivity index (χ4n) is 5.11. The van der Waals surface area contributed by atoms with Crippen LogP contribution in [0.25, 0.3) is 5.70 Å². The molecule has 1 heterocycles. The minimum Gasteiger partial charge on any atom is -0.398 e. The summed E-state index contributed by atoms with van der Waals surface area (Å²) in [7, 11) is 1.74. The van der Waals surface area contributed by atoms with Crippen molar-refractivity contribution in [3.63, 3.8) is 0 Å². The second kappa shape index (κ2) is 12.7. The quantitative estimate of drug-likeness (QED) is 0.466. The van der Waals surface area contributed by atoms with Gasteiger partial charge in [0.1, 0.15) is 11.9 Å². The molecule has 1 aromatic carbocycles. The van der Waals surface area contributed by atoms with Gasteiger partial charge in [0, 0.05) is 12.2 Å². The Morgan fingerprint density at radius 1 is 1.14 bits per heavy atom. The Hall–Kier alpha value is -2.93. The molecule has 3 unspecified atom stereocenters. The van der Waals surface area contributed by atoms with Gasteiger partial charge in [0.25, 0.3) is 0 Å². The van der Waals surface area contributed by atoms with Gasteiger partial charge in [-0.2, -0.15) is 0 Å². The van der Waals surface area contributed by atoms with Crippen LogP contribution in [0.15, 0.2) is 54.6 Å². The number of carbonyl (C=O) groups is 2. The Morgan fingerprint density at radius 3 is 2.46 bits per heavy atom. The van der Waals surface area contributed by atoms with E-state index in [9.17, 15) is 14.0 Å². The molecule has 2 fully saturated rings. The van der Waals surface area contributed by atoms with Gasteiger partial charge in [-0.25, -0.2) is 4.39 Å². The standard InChI is InChI=1S/C28H39FN4O2/c1-4-9-22(18-24(30)20-13-15-23(29)16-14-20)25-12-8-17-33(25)28(35)26(21-10-6-5-7-11-21)32-27(34)19(2)31-3/h4,9,13-16,18-19,21,25-26,31H,1,5-8,10-12,17,30H2,2-3H3,(H,32,34)/b22-9+,24-18-. The molecule has 0 aromatic heterocycles. The highest BCUT2D eigenvalue weighted by Gasteiger charge is 2.39. The summed E-state index contributed by atoms with van der Waals surface area (Å²) in [4.78, 5) is 28.6. The third-order valence-electron chi connectivity index (χ3n) is 7.24. The monoisotopic (exact) mass is 482 g/mol. The predicted molar refractivity (Wildman–Crippen MR) is 139 cm³/mol. The molecule has 1 aromatic rings. The fraction of sp³-hybridized carbons (Fsp3) is 0.500. The normalized spacial score (nSPS) is 21.5. The molecular formula is C28H39FN4O2. The van der Waals surface area contributed by atoms with Gasteiger partial charge in [0.2, 0.25) is 11.8 Å². The smallest absolute Gasteiger partial charge is 0.245 e. The van der Waals surface area contributed by atoms with Crippen LogP contribution in [0.3, 0.4) is 0 Å². The Balaban J connectivity index is 1.87. The van der Waals surface area contributed by atoms with Crippen LogP contribution in [-0.2, 0) is 9.59 Å². The van der Waals surface area contributed by atoms with E-state index < -0.39 is 6.04 Å². The predicted octanol–water partition coefficient (Wildman–Crippen LogP) is 3.90. The number of likely N-dealkylation sites (N-methyl/N-ethyl adjacent to an activating group) is 1. The molecule has 4 N–H and O–H groups in total. The molecule has 3 rings (SSSR count). The molecule has 3 atom stereocenters. The highest BCUT2D eigenvalue weighted by molar-refractivity contribution is 5.90. The Labute approximate surface area is 208 Å². The van der Waals surface area contributed by atoms with Crippen LogP contribution in [0, 0.1) is 11.7 Å². The van der Waals surface area contributed by atoms with Crippen LogP contribution in [0.1, 0.15) is 57.4 Å². The third kappa shape index (κ3) is 6.82. The zero-order chi connectivity index (χ0) is 25.4. The van der Waals surface area contributed by atoms with Gasteiger partial charge in [-0.3, -0.25) is 9.59 Å². The molecule has 1 saturated heterocycles. The van der Waals surface area contributed by atoms with Gasteiger partial charge in [-0.15, -0.1) is 0 Å². The van der Waals surface area contributed by atoms with E-state index in [0.29, 0.717) is 17.8 Å². The van der Waals surface area contributed by atoms with E-state index >= 15 is 0 Å². The number of amides is 2. The summed E-state index contributed by atoms with van der Waals surface area (Å²) in [5.41, 5.74) is 8.44. The van der Waals surface area contributed by atoms with Crippen molar-refractivity contribution < 1.29 is 14.0 Å². The second-order valence-electron chi connectivity index (χ2n) is 9.59. The Bertz CT molecular complexity index is 950. The molecule has 1 aliphatic heterocycles. The maximum atomic E-state index is 13.9. The number of carbonyl (C=O) groups excluding carboxylic acids is 2. The first kappa shape index (κ1) is 26.7. The molecule has 190 valence electrons. The SMILES string of the molecule is C=C/C=C(\C=C(/N)c1ccc(F)cc1)C1CCCN1C(=O)C(NC(=O)C(C)NC)C1CCCCC1. The summed E-state index contributed by atoms with van der Waals surface area (Å²) < 4.78 is 13.3. The molecule has 1 saturated carbocycles. The summed E-state index contributed by atoms with van der Waals surface area (Å²) in [5.74, 6) is -0.370. The number of benzene rings is 1. The lowest BCUT2D eigenvalue weighted by Crippen LogP contribution is -2.56. The number of rotatable bonds is 9. The average Bonchev–Trinajstić information content (AvgIpc) is 3.36. The van der Waals surface area contributed by atoms with Gasteiger partial charge < -0.3 is 21.3 Å². The first-order chi connectivity index (χ1) is 16.8. The summed E-state index contributed by atoms with van der Waals surface area (Å²) >= 11 is 0. The lowest BCUT2D eigenvalue weighted by molar-refractivity contribution is -0.139. The lowest BCUT2D eigenvalue weighted by Gasteiger charge is -2.36. The molecule has 2 aliphatic rings. The molecule has 6 nitrogen and oxygen atoms in total. The number of hydrogen-bond acceptors (Lipinski definition) is 4. The molecule has 0 bridgehead atoms. The van der Waals surface area contributed by atoms with Crippen molar-refractivity contribution in [2.75, 3.05) is 13.6 Å². The Kier molecular flexibility index (Phi) is 9.66. The summed E-state index contributed by atoms with van der Waals surface area (Å²) in [6, 6.07) is 4.96. The lowest BCUT2D eigenvalue weighted by atomic mass is 9.83. The first-order valence-corrected chi connectivity index (χ1v) is 12.7. The molecule has 0 spiro atoms. The maximum absolute atomic E-state index is 13.9. The van der Waals surface area contributed by atoms with E-state index in [2.05, 4.69) is 17.2 Å². The zero-order valence-corrected chi connectivity index (χ0v) is 20.9. The molecule has 35 heavy (non-hydrogen) atoms. The minimum atomic E-state index is -0.539. The van der Waals surface area contributed by atoms with Gasteiger partial charge in [0.05, 0.1) is 12.1 Å². The van der Waals surface area contributed by atoms with Crippen LogP contribution in [0.2, 0.25) is 0 Å². The van der Waals surface area contributed by atoms with Gasteiger partial charge in [0.15, 0.2) is 0 Å². The van der Waals surface area contributed by atoms with Crippen molar-refractivity contribution >= 4 is 17.5 Å². The zero-order valence-electron chi connectivity index (χ0n) is 20.9. The van der Waals surface area contributed by atoms with E-state index in [1.54, 1.807) is 32.2 Å². The van der Waals surface area contributed by atoms with Gasteiger partial charge >= 0.3 is 0 Å². The molecular weight excluding hydrogens is 443 g/mol.